The van der Waals surface area contributed by atoms with E-state index in [1.165, 1.54) is 0 Å². The van der Waals surface area contributed by atoms with Crippen molar-refractivity contribution in [3.05, 3.63) is 72.9 Å². The average Bonchev–Trinajstić information content (AvgIpc) is 2.54. The van der Waals surface area contributed by atoms with E-state index < -0.39 is 0 Å². The maximum absolute atomic E-state index is 3.41. The predicted molar refractivity (Wildman–Crippen MR) is 107 cm³/mol. The van der Waals surface area contributed by atoms with Crippen LogP contribution in [0.25, 0.3) is 0 Å². The Morgan fingerprint density at radius 3 is 1.14 bits per heavy atom. The van der Waals surface area contributed by atoms with Crippen LogP contribution in [0.1, 0.15) is 51.9 Å². The number of rotatable bonds is 13. The Bertz CT molecular complexity index is 381. The molecular weight excluding hydrogens is 332 g/mol. The van der Waals surface area contributed by atoms with Crippen LogP contribution in [-0.4, -0.2) is 5.33 Å². The Hall–Kier alpha value is -1.08. The van der Waals surface area contributed by atoms with Gasteiger partial charge in [-0.1, -0.05) is 95.8 Å². The summed E-state index contributed by atoms with van der Waals surface area (Å²) in [6.45, 7) is 2.16. The highest BCUT2D eigenvalue weighted by Crippen LogP contribution is 1.97. The number of allylic oxidation sites excluding steroid dienone is 12. The van der Waals surface area contributed by atoms with E-state index in [2.05, 4.69) is 95.8 Å². The lowest BCUT2D eigenvalue weighted by Crippen LogP contribution is -1.66. The molecule has 22 heavy (non-hydrogen) atoms. The maximum Gasteiger partial charge on any atom is 0.00659 e. The van der Waals surface area contributed by atoms with Gasteiger partial charge in [0.2, 0.25) is 0 Å². The van der Waals surface area contributed by atoms with Crippen LogP contribution in [0.3, 0.4) is 0 Å². The highest BCUT2D eigenvalue weighted by molar-refractivity contribution is 9.09. The van der Waals surface area contributed by atoms with E-state index in [1.54, 1.807) is 0 Å². The third-order valence-corrected chi connectivity index (χ3v) is 3.33. The van der Waals surface area contributed by atoms with Crippen LogP contribution in [0.2, 0.25) is 0 Å². The molecular formula is C21H31Br. The van der Waals surface area contributed by atoms with E-state index in [9.17, 15) is 0 Å². The van der Waals surface area contributed by atoms with E-state index in [-0.39, 0.29) is 0 Å². The van der Waals surface area contributed by atoms with Crippen molar-refractivity contribution in [2.45, 2.75) is 51.9 Å². The molecule has 0 rings (SSSR count). The van der Waals surface area contributed by atoms with Crippen LogP contribution >= 0.6 is 15.9 Å². The van der Waals surface area contributed by atoms with Crippen molar-refractivity contribution in [3.8, 4) is 0 Å². The summed E-state index contributed by atoms with van der Waals surface area (Å²) in [6.07, 6.45) is 34.1. The summed E-state index contributed by atoms with van der Waals surface area (Å²) in [5.74, 6) is 0. The van der Waals surface area contributed by atoms with Gasteiger partial charge in [0.1, 0.15) is 0 Å². The highest BCUT2D eigenvalue weighted by atomic mass is 79.9. The third kappa shape index (κ3) is 18.9. The molecule has 0 fully saturated rings. The van der Waals surface area contributed by atoms with E-state index in [4.69, 9.17) is 0 Å². The molecule has 0 saturated carbocycles. The van der Waals surface area contributed by atoms with Gasteiger partial charge >= 0.3 is 0 Å². The lowest BCUT2D eigenvalue weighted by molar-refractivity contribution is 1.19. The first-order valence-electron chi connectivity index (χ1n) is 8.37. The molecule has 122 valence electrons. The van der Waals surface area contributed by atoms with Crippen molar-refractivity contribution >= 4 is 15.9 Å². The monoisotopic (exact) mass is 362 g/mol. The number of alkyl halides is 1. The normalized spacial score (nSPS) is 13.4. The molecule has 0 saturated heterocycles. The Morgan fingerprint density at radius 2 is 0.818 bits per heavy atom. The van der Waals surface area contributed by atoms with E-state index in [0.717, 1.165) is 50.3 Å². The molecule has 0 amide bonds. The Balaban J connectivity index is 3.48. The molecule has 0 aliphatic heterocycles. The van der Waals surface area contributed by atoms with Crippen molar-refractivity contribution < 1.29 is 0 Å². The largest absolute Gasteiger partial charge is 0.0925 e. The predicted octanol–water partition coefficient (Wildman–Crippen LogP) is 7.47. The fourth-order valence-electron chi connectivity index (χ4n) is 1.70. The fraction of sp³-hybridized carbons (Fsp3) is 0.429. The van der Waals surface area contributed by atoms with Crippen LogP contribution in [0.5, 0.6) is 0 Å². The Kier molecular flexibility index (Phi) is 18.9. The second kappa shape index (κ2) is 19.9. The van der Waals surface area contributed by atoms with Gasteiger partial charge in [-0.25, -0.2) is 0 Å². The smallest absolute Gasteiger partial charge is 0.00659 e. The van der Waals surface area contributed by atoms with Crippen molar-refractivity contribution in [3.63, 3.8) is 0 Å². The number of hydrogen-bond acceptors (Lipinski definition) is 0. The molecule has 0 aromatic rings. The summed E-state index contributed by atoms with van der Waals surface area (Å²) >= 11 is 3.41. The zero-order valence-corrected chi connectivity index (χ0v) is 15.5. The molecule has 0 atom stereocenters. The molecule has 0 aliphatic carbocycles. The zero-order chi connectivity index (χ0) is 16.1. The van der Waals surface area contributed by atoms with Crippen molar-refractivity contribution in [2.24, 2.45) is 0 Å². The maximum atomic E-state index is 3.41. The van der Waals surface area contributed by atoms with Crippen LogP contribution < -0.4 is 0 Å². The Labute approximate surface area is 146 Å². The zero-order valence-electron chi connectivity index (χ0n) is 14.0. The van der Waals surface area contributed by atoms with E-state index in [0.29, 0.717) is 0 Å². The minimum Gasteiger partial charge on any atom is -0.0925 e. The molecule has 0 spiro atoms. The van der Waals surface area contributed by atoms with Crippen LogP contribution in [-0.2, 0) is 0 Å². The summed E-state index contributed by atoms with van der Waals surface area (Å²) in [6, 6.07) is 0. The van der Waals surface area contributed by atoms with Crippen LogP contribution in [0, 0.1) is 0 Å². The van der Waals surface area contributed by atoms with Gasteiger partial charge < -0.3 is 0 Å². The lowest BCUT2D eigenvalue weighted by Gasteiger charge is -1.86. The van der Waals surface area contributed by atoms with Gasteiger partial charge in [0.05, 0.1) is 0 Å². The topological polar surface area (TPSA) is 0 Å². The standard InChI is InChI=1S/C21H31Br/c1-2-3-4-5-6-7-8-9-10-11-12-13-14-15-16-17-18-19-20-21-22/h3-4,6-7,9-10,12-13,15-16,18-19H,2,5,8,11,14,17,20-21H2,1H3/b4-3+,7-6+,10-9+,13-12+,16-15+,19-18+. The molecule has 0 heterocycles. The quantitative estimate of drug-likeness (QED) is 0.235. The second-order valence-electron chi connectivity index (χ2n) is 4.89. The molecule has 0 aromatic carbocycles. The summed E-state index contributed by atoms with van der Waals surface area (Å²) in [7, 11) is 0. The van der Waals surface area contributed by atoms with Crippen molar-refractivity contribution in [1.82, 2.24) is 0 Å². The van der Waals surface area contributed by atoms with E-state index >= 15 is 0 Å². The van der Waals surface area contributed by atoms with Crippen molar-refractivity contribution in [1.29, 1.82) is 0 Å². The lowest BCUT2D eigenvalue weighted by atomic mass is 10.2. The minimum absolute atomic E-state index is 1.03. The summed E-state index contributed by atoms with van der Waals surface area (Å²) in [5, 5.41) is 1.05. The van der Waals surface area contributed by atoms with Gasteiger partial charge in [-0.15, -0.1) is 0 Å². The van der Waals surface area contributed by atoms with Crippen LogP contribution in [0.4, 0.5) is 0 Å². The van der Waals surface area contributed by atoms with Gasteiger partial charge in [-0.2, -0.15) is 0 Å². The molecule has 0 unspecified atom stereocenters. The molecule has 1 heteroatoms. The summed E-state index contributed by atoms with van der Waals surface area (Å²) in [5.41, 5.74) is 0. The molecule has 0 N–H and O–H groups in total. The van der Waals surface area contributed by atoms with Gasteiger partial charge in [0, 0.05) is 5.33 Å². The third-order valence-electron chi connectivity index (χ3n) is 2.87. The highest BCUT2D eigenvalue weighted by Gasteiger charge is 1.76. The SMILES string of the molecule is CC/C=C/C/C=C/C/C=C/C/C=C/C/C=C/C/C=C/CCBr. The first kappa shape index (κ1) is 20.9. The fourth-order valence-corrected chi connectivity index (χ4v) is 1.97. The van der Waals surface area contributed by atoms with Gasteiger partial charge in [0.25, 0.3) is 0 Å². The second-order valence-corrected chi connectivity index (χ2v) is 5.69. The van der Waals surface area contributed by atoms with Gasteiger partial charge in [-0.3, -0.25) is 0 Å². The summed E-state index contributed by atoms with van der Waals surface area (Å²) in [4.78, 5) is 0. The van der Waals surface area contributed by atoms with Gasteiger partial charge in [0.15, 0.2) is 0 Å². The van der Waals surface area contributed by atoms with E-state index in [1.807, 2.05) is 0 Å². The summed E-state index contributed by atoms with van der Waals surface area (Å²) < 4.78 is 0. The Morgan fingerprint density at radius 1 is 0.500 bits per heavy atom. The van der Waals surface area contributed by atoms with Gasteiger partial charge in [-0.05, 0) is 44.9 Å². The molecule has 0 radical (unpaired) electrons. The molecule has 0 aromatic heterocycles. The molecule has 0 nitrogen and oxygen atoms in total. The molecule has 0 aliphatic rings. The minimum atomic E-state index is 1.03. The molecule has 0 bridgehead atoms. The number of hydrogen-bond donors (Lipinski definition) is 0. The first-order valence-corrected chi connectivity index (χ1v) is 9.49. The van der Waals surface area contributed by atoms with Crippen molar-refractivity contribution in [2.75, 3.05) is 5.33 Å². The number of halogens is 1. The first-order chi connectivity index (χ1) is 10.9. The average molecular weight is 363 g/mol. The van der Waals surface area contributed by atoms with Crippen LogP contribution in [0.15, 0.2) is 72.9 Å².